The fraction of sp³-hybridized carbons (Fsp3) is 0.550. The molecule has 1 aromatic heterocycles. The van der Waals surface area contributed by atoms with Crippen LogP contribution >= 0.6 is 0 Å². The van der Waals surface area contributed by atoms with Crippen LogP contribution in [0, 0.1) is 34.6 Å². The molecule has 1 aromatic carbocycles. The number of fused-ring (bicyclic) bond motifs is 1. The lowest BCUT2D eigenvalue weighted by Crippen LogP contribution is -2.51. The Morgan fingerprint density at radius 3 is 2.65 bits per heavy atom. The first-order chi connectivity index (χ1) is 12.7. The molecule has 6 rings (SSSR count). The van der Waals surface area contributed by atoms with Crippen LogP contribution in [0.5, 0.6) is 0 Å². The summed E-state index contributed by atoms with van der Waals surface area (Å²) in [5.41, 5.74) is 2.77. The maximum Gasteiger partial charge on any atom is 0.211 e. The summed E-state index contributed by atoms with van der Waals surface area (Å²) in [5.74, 6) is 3.27. The standard InChI is InChI=1S/C20H23N5O/c21-11-23-19(25-16-1-2-18-17(6-16)24-12-26-18)22-10-20-7-13-3-14(8-20)5-15(4-13)9-20/h1-2,6,12-15H,3-5,7-10H2,(H2,22,23,25). The van der Waals surface area contributed by atoms with E-state index in [1.54, 1.807) is 0 Å². The lowest BCUT2D eigenvalue weighted by atomic mass is 9.49. The molecule has 0 aliphatic heterocycles. The summed E-state index contributed by atoms with van der Waals surface area (Å²) in [7, 11) is 0. The molecule has 0 radical (unpaired) electrons. The van der Waals surface area contributed by atoms with Crippen LogP contribution in [0.25, 0.3) is 11.1 Å². The Hall–Kier alpha value is -2.55. The molecule has 0 amide bonds. The number of aromatic nitrogens is 1. The van der Waals surface area contributed by atoms with E-state index >= 15 is 0 Å². The number of hydrogen-bond donors (Lipinski definition) is 2. The van der Waals surface area contributed by atoms with E-state index in [0.29, 0.717) is 11.4 Å². The van der Waals surface area contributed by atoms with Gasteiger partial charge in [-0.05, 0) is 79.9 Å². The van der Waals surface area contributed by atoms with Crippen molar-refractivity contribution in [2.24, 2.45) is 28.2 Å². The van der Waals surface area contributed by atoms with Gasteiger partial charge in [-0.3, -0.25) is 0 Å². The normalized spacial score (nSPS) is 32.6. The largest absolute Gasteiger partial charge is 0.443 e. The van der Waals surface area contributed by atoms with E-state index < -0.39 is 0 Å². The molecule has 6 heteroatoms. The lowest BCUT2D eigenvalue weighted by molar-refractivity contribution is -0.0491. The third kappa shape index (κ3) is 2.82. The molecule has 4 saturated carbocycles. The molecule has 4 aliphatic rings. The summed E-state index contributed by atoms with van der Waals surface area (Å²) in [6, 6.07) is 5.68. The number of guanidine groups is 1. The number of nitriles is 1. The summed E-state index contributed by atoms with van der Waals surface area (Å²) in [5, 5.41) is 15.7. The zero-order valence-corrected chi connectivity index (χ0v) is 14.7. The Bertz CT molecular complexity index is 858. The van der Waals surface area contributed by atoms with Crippen molar-refractivity contribution in [3.05, 3.63) is 24.6 Å². The molecule has 0 spiro atoms. The molecule has 0 atom stereocenters. The highest BCUT2D eigenvalue weighted by Gasteiger charge is 2.50. The smallest absolute Gasteiger partial charge is 0.211 e. The van der Waals surface area contributed by atoms with Gasteiger partial charge >= 0.3 is 0 Å². The predicted molar refractivity (Wildman–Crippen MR) is 99.3 cm³/mol. The highest BCUT2D eigenvalue weighted by molar-refractivity contribution is 5.95. The van der Waals surface area contributed by atoms with Crippen molar-refractivity contribution < 1.29 is 4.42 Å². The molecule has 1 heterocycles. The summed E-state index contributed by atoms with van der Waals surface area (Å²) < 4.78 is 5.27. The highest BCUT2D eigenvalue weighted by Crippen LogP contribution is 2.59. The van der Waals surface area contributed by atoms with Gasteiger partial charge in [-0.25, -0.2) is 4.98 Å². The first kappa shape index (κ1) is 15.7. The van der Waals surface area contributed by atoms with Crippen molar-refractivity contribution in [3.63, 3.8) is 0 Å². The second-order valence-corrected chi connectivity index (χ2v) is 8.49. The summed E-state index contributed by atoms with van der Waals surface area (Å²) in [6.45, 7) is 0.899. The quantitative estimate of drug-likeness (QED) is 0.499. The van der Waals surface area contributed by atoms with Crippen LogP contribution in [0.2, 0.25) is 0 Å². The first-order valence-corrected chi connectivity index (χ1v) is 9.52. The molecule has 0 unspecified atom stereocenters. The Labute approximate surface area is 152 Å². The number of benzene rings is 1. The van der Waals surface area contributed by atoms with Gasteiger partial charge in [0.1, 0.15) is 5.52 Å². The monoisotopic (exact) mass is 349 g/mol. The van der Waals surface area contributed by atoms with Gasteiger partial charge in [0.2, 0.25) is 12.2 Å². The third-order valence-corrected chi connectivity index (χ3v) is 6.55. The SMILES string of the molecule is N#C/N=C(\NCC12CC3CC(CC(C3)C1)C2)Nc1ccc2ocnc2c1. The molecule has 134 valence electrons. The summed E-state index contributed by atoms with van der Waals surface area (Å²) in [6.07, 6.45) is 11.6. The molecule has 4 bridgehead atoms. The Balaban J connectivity index is 1.29. The molecular weight excluding hydrogens is 326 g/mol. The number of nitrogens with zero attached hydrogens (tertiary/aromatic N) is 3. The van der Waals surface area contributed by atoms with E-state index in [2.05, 4.69) is 20.6 Å². The molecule has 0 saturated heterocycles. The van der Waals surface area contributed by atoms with Crippen LogP contribution in [-0.4, -0.2) is 17.5 Å². The number of rotatable bonds is 3. The van der Waals surface area contributed by atoms with Gasteiger partial charge in [0.25, 0.3) is 0 Å². The Morgan fingerprint density at radius 2 is 1.96 bits per heavy atom. The van der Waals surface area contributed by atoms with Gasteiger partial charge in [0.15, 0.2) is 12.0 Å². The van der Waals surface area contributed by atoms with Gasteiger partial charge in [0, 0.05) is 12.2 Å². The van der Waals surface area contributed by atoms with Crippen LogP contribution in [-0.2, 0) is 0 Å². The number of oxazole rings is 1. The second kappa shape index (κ2) is 6.01. The van der Waals surface area contributed by atoms with Crippen LogP contribution in [0.1, 0.15) is 38.5 Å². The average Bonchev–Trinajstić information content (AvgIpc) is 3.06. The van der Waals surface area contributed by atoms with Crippen molar-refractivity contribution in [2.45, 2.75) is 38.5 Å². The number of hydrogen-bond acceptors (Lipinski definition) is 4. The van der Waals surface area contributed by atoms with Gasteiger partial charge in [0.05, 0.1) is 0 Å². The van der Waals surface area contributed by atoms with E-state index in [1.807, 2.05) is 24.4 Å². The maximum absolute atomic E-state index is 9.07. The highest BCUT2D eigenvalue weighted by atomic mass is 16.3. The van der Waals surface area contributed by atoms with Gasteiger partial charge in [-0.15, -0.1) is 4.99 Å². The molecule has 2 N–H and O–H groups in total. The van der Waals surface area contributed by atoms with Gasteiger partial charge in [-0.2, -0.15) is 5.26 Å². The van der Waals surface area contributed by atoms with E-state index in [-0.39, 0.29) is 0 Å². The molecule has 2 aromatic rings. The number of aliphatic imine (C=N–C) groups is 1. The van der Waals surface area contributed by atoms with E-state index in [4.69, 9.17) is 9.68 Å². The topological polar surface area (TPSA) is 86.2 Å². The van der Waals surface area contributed by atoms with E-state index in [1.165, 1.54) is 44.9 Å². The second-order valence-electron chi connectivity index (χ2n) is 8.49. The first-order valence-electron chi connectivity index (χ1n) is 9.52. The van der Waals surface area contributed by atoms with E-state index in [9.17, 15) is 0 Å². The molecular formula is C20H23N5O. The minimum Gasteiger partial charge on any atom is -0.443 e. The number of nitrogens with one attached hydrogen (secondary N) is 2. The summed E-state index contributed by atoms with van der Waals surface area (Å²) >= 11 is 0. The molecule has 26 heavy (non-hydrogen) atoms. The van der Waals surface area contributed by atoms with Crippen molar-refractivity contribution in [2.75, 3.05) is 11.9 Å². The van der Waals surface area contributed by atoms with Gasteiger partial charge < -0.3 is 15.1 Å². The van der Waals surface area contributed by atoms with E-state index in [0.717, 1.165) is 41.1 Å². The van der Waals surface area contributed by atoms with Crippen LogP contribution < -0.4 is 10.6 Å². The zero-order valence-electron chi connectivity index (χ0n) is 14.7. The molecule has 4 fully saturated rings. The molecule has 6 nitrogen and oxygen atoms in total. The average molecular weight is 349 g/mol. The predicted octanol–water partition coefficient (Wildman–Crippen LogP) is 3.88. The minimum absolute atomic E-state index is 0.392. The van der Waals surface area contributed by atoms with Crippen molar-refractivity contribution >= 4 is 22.7 Å². The Kier molecular flexibility index (Phi) is 3.63. The minimum atomic E-state index is 0.392. The van der Waals surface area contributed by atoms with Crippen molar-refractivity contribution in [1.82, 2.24) is 10.3 Å². The fourth-order valence-electron chi connectivity index (χ4n) is 6.01. The van der Waals surface area contributed by atoms with Crippen LogP contribution in [0.3, 0.4) is 0 Å². The third-order valence-electron chi connectivity index (χ3n) is 6.55. The van der Waals surface area contributed by atoms with Crippen molar-refractivity contribution in [3.8, 4) is 6.19 Å². The van der Waals surface area contributed by atoms with Gasteiger partial charge in [-0.1, -0.05) is 0 Å². The molecule has 4 aliphatic carbocycles. The lowest BCUT2D eigenvalue weighted by Gasteiger charge is -2.57. The van der Waals surface area contributed by atoms with Crippen LogP contribution in [0.15, 0.2) is 34.0 Å². The maximum atomic E-state index is 9.07. The van der Waals surface area contributed by atoms with Crippen LogP contribution in [0.4, 0.5) is 5.69 Å². The Morgan fingerprint density at radius 1 is 1.23 bits per heavy atom. The summed E-state index contributed by atoms with van der Waals surface area (Å²) in [4.78, 5) is 8.13. The van der Waals surface area contributed by atoms with Crippen molar-refractivity contribution in [1.29, 1.82) is 5.26 Å². The number of anilines is 1. The zero-order chi connectivity index (χ0) is 17.6. The fourth-order valence-corrected chi connectivity index (χ4v) is 6.01.